The van der Waals surface area contributed by atoms with E-state index in [-0.39, 0.29) is 24.8 Å². The molecule has 0 aliphatic carbocycles. The van der Waals surface area contributed by atoms with Crippen LogP contribution in [0.1, 0.15) is 25.7 Å². The number of piperidine rings is 1. The van der Waals surface area contributed by atoms with E-state index in [9.17, 15) is 18.0 Å². The molecule has 2 saturated heterocycles. The van der Waals surface area contributed by atoms with Crippen molar-refractivity contribution in [3.8, 4) is 0 Å². The van der Waals surface area contributed by atoms with Gasteiger partial charge in [-0.2, -0.15) is 13.2 Å². The molecule has 1 amide bonds. The average molecular weight is 236 g/mol. The van der Waals surface area contributed by atoms with Crippen molar-refractivity contribution < 1.29 is 18.0 Å². The fraction of sp³-hybridized carbons (Fsp3) is 0.900. The molecule has 2 heterocycles. The summed E-state index contributed by atoms with van der Waals surface area (Å²) >= 11 is 0. The highest BCUT2D eigenvalue weighted by molar-refractivity contribution is 5.79. The Kier molecular flexibility index (Phi) is 3.10. The Bertz CT molecular complexity index is 274. The summed E-state index contributed by atoms with van der Waals surface area (Å²) in [5.74, 6) is -0.351. The number of rotatable bonds is 1. The minimum absolute atomic E-state index is 0.0284. The molecule has 2 aliphatic rings. The van der Waals surface area contributed by atoms with Crippen LogP contribution in [0.4, 0.5) is 13.2 Å². The van der Waals surface area contributed by atoms with Crippen LogP contribution in [0.25, 0.3) is 0 Å². The van der Waals surface area contributed by atoms with Gasteiger partial charge in [0.1, 0.15) is 6.04 Å². The van der Waals surface area contributed by atoms with Crippen molar-refractivity contribution in [3.05, 3.63) is 0 Å². The van der Waals surface area contributed by atoms with E-state index in [2.05, 4.69) is 5.32 Å². The Morgan fingerprint density at radius 3 is 2.62 bits per heavy atom. The molecule has 0 saturated carbocycles. The summed E-state index contributed by atoms with van der Waals surface area (Å²) in [4.78, 5) is 12.6. The molecular formula is C10H15F3N2O. The molecule has 3 nitrogen and oxygen atoms in total. The molecule has 0 bridgehead atoms. The number of amides is 1. The highest BCUT2D eigenvalue weighted by atomic mass is 19.4. The molecule has 92 valence electrons. The average Bonchev–Trinajstić information content (AvgIpc) is 2.61. The van der Waals surface area contributed by atoms with Crippen molar-refractivity contribution in [2.45, 2.75) is 43.9 Å². The number of halogens is 3. The van der Waals surface area contributed by atoms with E-state index in [1.54, 1.807) is 0 Å². The van der Waals surface area contributed by atoms with E-state index < -0.39 is 12.2 Å². The molecule has 1 N–H and O–H groups in total. The Morgan fingerprint density at radius 1 is 1.31 bits per heavy atom. The Labute approximate surface area is 92.0 Å². The van der Waals surface area contributed by atoms with Gasteiger partial charge < -0.3 is 10.2 Å². The zero-order valence-electron chi connectivity index (χ0n) is 8.89. The number of carbonyl (C=O) groups excluding carboxylic acids is 1. The third-order valence-corrected chi connectivity index (χ3v) is 3.30. The predicted octanol–water partition coefficient (Wildman–Crippen LogP) is 1.29. The zero-order valence-corrected chi connectivity index (χ0v) is 8.89. The van der Waals surface area contributed by atoms with Crippen LogP contribution in [-0.2, 0) is 4.79 Å². The second-order valence-corrected chi connectivity index (χ2v) is 4.40. The van der Waals surface area contributed by atoms with E-state index in [0.717, 1.165) is 17.9 Å². The first-order valence-corrected chi connectivity index (χ1v) is 5.59. The lowest BCUT2D eigenvalue weighted by molar-refractivity contribution is -0.186. The van der Waals surface area contributed by atoms with E-state index in [4.69, 9.17) is 0 Å². The zero-order chi connectivity index (χ0) is 11.8. The van der Waals surface area contributed by atoms with Crippen molar-refractivity contribution in [2.24, 2.45) is 0 Å². The molecule has 0 aromatic rings. The minimum atomic E-state index is -4.29. The van der Waals surface area contributed by atoms with Gasteiger partial charge in [0.25, 0.3) is 0 Å². The number of nitrogens with zero attached hydrogens (tertiary/aromatic N) is 1. The third-order valence-electron chi connectivity index (χ3n) is 3.30. The van der Waals surface area contributed by atoms with Crippen LogP contribution in [0.2, 0.25) is 0 Å². The van der Waals surface area contributed by atoms with E-state index in [1.807, 2.05) is 0 Å². The highest BCUT2D eigenvalue weighted by Gasteiger charge is 2.50. The summed E-state index contributed by atoms with van der Waals surface area (Å²) in [5.41, 5.74) is 0. The van der Waals surface area contributed by atoms with Gasteiger partial charge >= 0.3 is 6.18 Å². The van der Waals surface area contributed by atoms with Gasteiger partial charge in [0.15, 0.2) is 0 Å². The van der Waals surface area contributed by atoms with Crippen molar-refractivity contribution >= 4 is 5.91 Å². The van der Waals surface area contributed by atoms with Gasteiger partial charge in [0.05, 0.1) is 0 Å². The SMILES string of the molecule is O=C1CC[C@H](C(F)(F)F)N1[C@H]1CCCNC1. The van der Waals surface area contributed by atoms with Crippen LogP contribution < -0.4 is 5.32 Å². The molecule has 0 unspecified atom stereocenters. The first kappa shape index (κ1) is 11.7. The Hall–Kier alpha value is -0.780. The normalized spacial score (nSPS) is 32.2. The van der Waals surface area contributed by atoms with Crippen molar-refractivity contribution in [1.82, 2.24) is 10.2 Å². The molecule has 2 aliphatic heterocycles. The van der Waals surface area contributed by atoms with Gasteiger partial charge in [0, 0.05) is 19.0 Å². The lowest BCUT2D eigenvalue weighted by Crippen LogP contribution is -2.53. The number of hydrogen-bond donors (Lipinski definition) is 1. The van der Waals surface area contributed by atoms with Crippen LogP contribution in [0.5, 0.6) is 0 Å². The number of carbonyl (C=O) groups is 1. The third kappa shape index (κ3) is 2.16. The lowest BCUT2D eigenvalue weighted by atomic mass is 10.0. The van der Waals surface area contributed by atoms with Gasteiger partial charge in [-0.25, -0.2) is 0 Å². The second-order valence-electron chi connectivity index (χ2n) is 4.40. The van der Waals surface area contributed by atoms with Gasteiger partial charge in [-0.05, 0) is 25.8 Å². The monoisotopic (exact) mass is 236 g/mol. The van der Waals surface area contributed by atoms with Crippen LogP contribution in [0.3, 0.4) is 0 Å². The molecule has 0 aromatic carbocycles. The Balaban J connectivity index is 2.12. The van der Waals surface area contributed by atoms with Crippen LogP contribution in [0.15, 0.2) is 0 Å². The van der Waals surface area contributed by atoms with Gasteiger partial charge in [-0.15, -0.1) is 0 Å². The summed E-state index contributed by atoms with van der Waals surface area (Å²) in [5, 5.41) is 3.04. The van der Waals surface area contributed by atoms with Crippen LogP contribution >= 0.6 is 0 Å². The first-order chi connectivity index (χ1) is 7.50. The standard InChI is InChI=1S/C10H15F3N2O/c11-10(12,13)8-3-4-9(16)15(8)7-2-1-5-14-6-7/h7-8,14H,1-6H2/t7-,8+/m0/s1. The van der Waals surface area contributed by atoms with Crippen LogP contribution in [-0.4, -0.2) is 42.2 Å². The van der Waals surface area contributed by atoms with Gasteiger partial charge in [-0.3, -0.25) is 4.79 Å². The molecular weight excluding hydrogens is 221 g/mol. The van der Waals surface area contributed by atoms with Crippen molar-refractivity contribution in [1.29, 1.82) is 0 Å². The summed E-state index contributed by atoms with van der Waals surface area (Å²) in [7, 11) is 0. The highest BCUT2D eigenvalue weighted by Crippen LogP contribution is 2.35. The fourth-order valence-corrected chi connectivity index (χ4v) is 2.55. The maximum Gasteiger partial charge on any atom is 0.408 e. The van der Waals surface area contributed by atoms with Crippen molar-refractivity contribution in [3.63, 3.8) is 0 Å². The molecule has 2 rings (SSSR count). The summed E-state index contributed by atoms with van der Waals surface area (Å²) in [6.07, 6.45) is -2.84. The molecule has 0 radical (unpaired) electrons. The largest absolute Gasteiger partial charge is 0.408 e. The first-order valence-electron chi connectivity index (χ1n) is 5.59. The smallest absolute Gasteiger partial charge is 0.326 e. The maximum absolute atomic E-state index is 12.7. The Morgan fingerprint density at radius 2 is 2.06 bits per heavy atom. The number of alkyl halides is 3. The molecule has 0 spiro atoms. The predicted molar refractivity (Wildman–Crippen MR) is 51.8 cm³/mol. The van der Waals surface area contributed by atoms with Crippen LogP contribution in [0, 0.1) is 0 Å². The molecule has 6 heteroatoms. The van der Waals surface area contributed by atoms with E-state index in [1.165, 1.54) is 0 Å². The van der Waals surface area contributed by atoms with E-state index in [0.29, 0.717) is 13.0 Å². The second kappa shape index (κ2) is 4.24. The van der Waals surface area contributed by atoms with Crippen molar-refractivity contribution in [2.75, 3.05) is 13.1 Å². The topological polar surface area (TPSA) is 32.3 Å². The molecule has 0 aromatic heterocycles. The minimum Gasteiger partial charge on any atom is -0.326 e. The van der Waals surface area contributed by atoms with Gasteiger partial charge in [-0.1, -0.05) is 0 Å². The summed E-state index contributed by atoms with van der Waals surface area (Å²) < 4.78 is 38.2. The van der Waals surface area contributed by atoms with E-state index >= 15 is 0 Å². The maximum atomic E-state index is 12.7. The molecule has 16 heavy (non-hydrogen) atoms. The van der Waals surface area contributed by atoms with Gasteiger partial charge in [0.2, 0.25) is 5.91 Å². The molecule has 2 fully saturated rings. The number of hydrogen-bond acceptors (Lipinski definition) is 2. The number of likely N-dealkylation sites (tertiary alicyclic amines) is 1. The lowest BCUT2D eigenvalue weighted by Gasteiger charge is -2.36. The number of nitrogens with one attached hydrogen (secondary N) is 1. The quantitative estimate of drug-likeness (QED) is 0.744. The summed E-state index contributed by atoms with van der Waals surface area (Å²) in [6, 6.07) is -1.85. The molecule has 2 atom stereocenters. The fourth-order valence-electron chi connectivity index (χ4n) is 2.55. The summed E-state index contributed by atoms with van der Waals surface area (Å²) in [6.45, 7) is 1.31.